The van der Waals surface area contributed by atoms with Crippen LogP contribution in [0.5, 0.6) is 0 Å². The van der Waals surface area contributed by atoms with E-state index in [1.165, 1.54) is 0 Å². The molecule has 5 N–H and O–H groups in total. The molecule has 0 saturated heterocycles. The van der Waals surface area contributed by atoms with Crippen molar-refractivity contribution in [3.05, 3.63) is 35.4 Å². The number of rotatable bonds is 1. The lowest BCUT2D eigenvalue weighted by molar-refractivity contribution is 1.11. The van der Waals surface area contributed by atoms with Gasteiger partial charge in [0.05, 0.1) is 11.3 Å². The zero-order valence-electron chi connectivity index (χ0n) is 9.01. The normalized spacial score (nSPS) is 15.4. The monoisotopic (exact) mass is 225 g/mol. The third-order valence-electron chi connectivity index (χ3n) is 2.72. The second-order valence-electron chi connectivity index (χ2n) is 3.81. The van der Waals surface area contributed by atoms with E-state index in [1.807, 2.05) is 30.3 Å². The zero-order valence-corrected chi connectivity index (χ0v) is 9.01. The van der Waals surface area contributed by atoms with Crippen LogP contribution in [0, 0.1) is 0 Å². The van der Waals surface area contributed by atoms with Crippen LogP contribution in [0.3, 0.4) is 0 Å². The summed E-state index contributed by atoms with van der Waals surface area (Å²) in [5, 5.41) is 6.50. The number of hydrogen-bond acceptors (Lipinski definition) is 4. The van der Waals surface area contributed by atoms with Gasteiger partial charge >= 0.3 is 0 Å². The Labute approximate surface area is 97.9 Å². The number of nitrogens with zero attached hydrogens (tertiary/aromatic N) is 2. The molecule has 84 valence electrons. The maximum atomic E-state index is 5.75. The van der Waals surface area contributed by atoms with Gasteiger partial charge in [0.15, 0.2) is 5.82 Å². The molecule has 1 aliphatic heterocycles. The maximum absolute atomic E-state index is 5.75. The number of H-pyrrole nitrogens is 1. The van der Waals surface area contributed by atoms with Crippen molar-refractivity contribution < 1.29 is 0 Å². The molecule has 0 unspecified atom stereocenters. The standard InChI is InChI=1S/C12H11N5/c13-11-9(12(14)17-16-11)5-7-6-15-10-4-2-1-3-8(7)10/h1-6H,(H5,13,14,16,17)/b7-5+. The number of fused-ring (bicyclic) bond motifs is 1. The zero-order chi connectivity index (χ0) is 11.8. The van der Waals surface area contributed by atoms with Crippen molar-refractivity contribution in [2.24, 2.45) is 4.99 Å². The van der Waals surface area contributed by atoms with Crippen LogP contribution in [0.15, 0.2) is 29.3 Å². The molecule has 0 spiro atoms. The van der Waals surface area contributed by atoms with Gasteiger partial charge in [-0.1, -0.05) is 18.2 Å². The number of nitrogens with one attached hydrogen (secondary N) is 1. The molecule has 0 radical (unpaired) electrons. The van der Waals surface area contributed by atoms with Crippen LogP contribution in [0.1, 0.15) is 11.1 Å². The second kappa shape index (κ2) is 3.48. The predicted octanol–water partition coefficient (Wildman–Crippen LogP) is 1.83. The minimum atomic E-state index is 0.396. The summed E-state index contributed by atoms with van der Waals surface area (Å²) in [6, 6.07) is 7.92. The Bertz CT molecular complexity index is 617. The molecular formula is C12H11N5. The summed E-state index contributed by atoms with van der Waals surface area (Å²) >= 11 is 0. The summed E-state index contributed by atoms with van der Waals surface area (Å²) in [5.74, 6) is 0.862. The van der Waals surface area contributed by atoms with Crippen molar-refractivity contribution in [2.45, 2.75) is 0 Å². The average molecular weight is 225 g/mol. The van der Waals surface area contributed by atoms with Crippen LogP contribution < -0.4 is 11.5 Å². The lowest BCUT2D eigenvalue weighted by Gasteiger charge is -1.99. The highest BCUT2D eigenvalue weighted by Crippen LogP contribution is 2.33. The molecule has 0 fully saturated rings. The number of hydrogen-bond donors (Lipinski definition) is 3. The Morgan fingerprint density at radius 2 is 2.00 bits per heavy atom. The van der Waals surface area contributed by atoms with Crippen molar-refractivity contribution in [1.29, 1.82) is 0 Å². The molecule has 1 aliphatic rings. The van der Waals surface area contributed by atoms with Crippen molar-refractivity contribution in [3.63, 3.8) is 0 Å². The van der Waals surface area contributed by atoms with Gasteiger partial charge in [0.25, 0.3) is 0 Å². The molecule has 0 amide bonds. The number of nitrogen functional groups attached to an aromatic ring is 2. The predicted molar refractivity (Wildman–Crippen MR) is 69.9 cm³/mol. The number of para-hydroxylation sites is 1. The first-order valence-corrected chi connectivity index (χ1v) is 5.20. The molecule has 2 heterocycles. The average Bonchev–Trinajstić information content (AvgIpc) is 2.88. The van der Waals surface area contributed by atoms with Crippen molar-refractivity contribution >= 4 is 35.2 Å². The van der Waals surface area contributed by atoms with E-state index in [2.05, 4.69) is 15.2 Å². The molecule has 1 aromatic carbocycles. The number of allylic oxidation sites excluding steroid dienone is 1. The topological polar surface area (TPSA) is 93.1 Å². The van der Waals surface area contributed by atoms with Gasteiger partial charge in [0, 0.05) is 17.4 Å². The summed E-state index contributed by atoms with van der Waals surface area (Å²) in [6.07, 6.45) is 3.69. The van der Waals surface area contributed by atoms with E-state index in [9.17, 15) is 0 Å². The first-order valence-electron chi connectivity index (χ1n) is 5.20. The molecular weight excluding hydrogens is 214 g/mol. The number of benzene rings is 1. The molecule has 17 heavy (non-hydrogen) atoms. The van der Waals surface area contributed by atoms with Crippen LogP contribution in [0.4, 0.5) is 17.3 Å². The van der Waals surface area contributed by atoms with Crippen LogP contribution in [0.25, 0.3) is 11.6 Å². The van der Waals surface area contributed by atoms with Gasteiger partial charge in [-0.3, -0.25) is 10.1 Å². The van der Waals surface area contributed by atoms with Crippen molar-refractivity contribution in [1.82, 2.24) is 10.2 Å². The first kappa shape index (κ1) is 9.65. The summed E-state index contributed by atoms with van der Waals surface area (Å²) in [7, 11) is 0. The summed E-state index contributed by atoms with van der Waals surface area (Å²) in [5.41, 5.74) is 15.2. The van der Waals surface area contributed by atoms with E-state index in [-0.39, 0.29) is 0 Å². The smallest absolute Gasteiger partial charge is 0.154 e. The fraction of sp³-hybridized carbons (Fsp3) is 0. The Kier molecular flexibility index (Phi) is 1.98. The van der Waals surface area contributed by atoms with Gasteiger partial charge in [-0.25, -0.2) is 0 Å². The molecule has 0 atom stereocenters. The highest BCUT2D eigenvalue weighted by atomic mass is 15.2. The largest absolute Gasteiger partial charge is 0.384 e. The molecule has 0 aliphatic carbocycles. The van der Waals surface area contributed by atoms with Crippen LogP contribution >= 0.6 is 0 Å². The molecule has 2 aromatic rings. The third-order valence-corrected chi connectivity index (χ3v) is 2.72. The molecule has 0 bridgehead atoms. The van der Waals surface area contributed by atoms with Crippen molar-refractivity contribution in [2.75, 3.05) is 11.5 Å². The van der Waals surface area contributed by atoms with Crippen LogP contribution in [-0.2, 0) is 0 Å². The first-order chi connectivity index (χ1) is 8.25. The van der Waals surface area contributed by atoms with Gasteiger partial charge in [0.2, 0.25) is 0 Å². The Balaban J connectivity index is 2.11. The van der Waals surface area contributed by atoms with Crippen LogP contribution in [-0.4, -0.2) is 16.4 Å². The lowest BCUT2D eigenvalue weighted by atomic mass is 10.1. The highest BCUT2D eigenvalue weighted by molar-refractivity contribution is 6.22. The van der Waals surface area contributed by atoms with E-state index in [1.54, 1.807) is 6.21 Å². The number of aromatic amines is 1. The Morgan fingerprint density at radius 3 is 2.76 bits per heavy atom. The van der Waals surface area contributed by atoms with Gasteiger partial charge in [-0.2, -0.15) is 5.10 Å². The molecule has 3 rings (SSSR count). The fourth-order valence-corrected chi connectivity index (χ4v) is 1.84. The van der Waals surface area contributed by atoms with Gasteiger partial charge in [-0.15, -0.1) is 0 Å². The summed E-state index contributed by atoms with van der Waals surface area (Å²) < 4.78 is 0. The molecule has 1 aromatic heterocycles. The summed E-state index contributed by atoms with van der Waals surface area (Å²) in [4.78, 5) is 4.32. The lowest BCUT2D eigenvalue weighted by Crippen LogP contribution is -1.91. The van der Waals surface area contributed by atoms with E-state index < -0.39 is 0 Å². The molecule has 0 saturated carbocycles. The van der Waals surface area contributed by atoms with Gasteiger partial charge in [0.1, 0.15) is 5.82 Å². The third kappa shape index (κ3) is 1.48. The second-order valence-corrected chi connectivity index (χ2v) is 3.81. The number of aromatic nitrogens is 2. The minimum absolute atomic E-state index is 0.396. The van der Waals surface area contributed by atoms with E-state index in [0.29, 0.717) is 17.2 Å². The fourth-order valence-electron chi connectivity index (χ4n) is 1.84. The number of nitrogens with two attached hydrogens (primary N) is 2. The SMILES string of the molecule is Nc1n[nH]c(N)c1/C=C1\C=Nc2ccccc21. The Morgan fingerprint density at radius 1 is 1.18 bits per heavy atom. The maximum Gasteiger partial charge on any atom is 0.154 e. The van der Waals surface area contributed by atoms with Gasteiger partial charge < -0.3 is 11.5 Å². The molecule has 5 nitrogen and oxygen atoms in total. The minimum Gasteiger partial charge on any atom is -0.384 e. The molecule has 5 heteroatoms. The van der Waals surface area contributed by atoms with E-state index >= 15 is 0 Å². The number of aliphatic imine (C=N–C) groups is 1. The van der Waals surface area contributed by atoms with E-state index in [4.69, 9.17) is 11.5 Å². The summed E-state index contributed by atoms with van der Waals surface area (Å²) in [6.45, 7) is 0. The van der Waals surface area contributed by atoms with Gasteiger partial charge in [-0.05, 0) is 12.1 Å². The van der Waals surface area contributed by atoms with E-state index in [0.717, 1.165) is 16.8 Å². The van der Waals surface area contributed by atoms with Crippen molar-refractivity contribution in [3.8, 4) is 0 Å². The quantitative estimate of drug-likeness (QED) is 0.691. The van der Waals surface area contributed by atoms with Crippen LogP contribution in [0.2, 0.25) is 0 Å². The Hall–Kier alpha value is -2.56. The highest BCUT2D eigenvalue weighted by Gasteiger charge is 2.13. The number of anilines is 2.